The number of aryl methyl sites for hydroxylation is 1. The molecule has 0 aliphatic heterocycles. The number of nitrogens with zero attached hydrogens (tertiary/aromatic N) is 3. The molecule has 8 nitrogen and oxygen atoms in total. The van der Waals surface area contributed by atoms with Gasteiger partial charge in [0.25, 0.3) is 11.8 Å². The first-order chi connectivity index (χ1) is 14.8. The number of aromatic nitrogens is 3. The molecule has 0 radical (unpaired) electrons. The van der Waals surface area contributed by atoms with E-state index < -0.39 is 5.91 Å². The molecule has 2 fully saturated rings. The number of ether oxygens (including phenoxy) is 1. The summed E-state index contributed by atoms with van der Waals surface area (Å²) >= 11 is 3.53. The first kappa shape index (κ1) is 20.0. The maximum absolute atomic E-state index is 12.9. The van der Waals surface area contributed by atoms with Crippen molar-refractivity contribution in [2.75, 3.05) is 0 Å². The molecule has 0 atom stereocenters. The second-order valence-electron chi connectivity index (χ2n) is 8.56. The van der Waals surface area contributed by atoms with E-state index in [0.717, 1.165) is 41.2 Å². The van der Waals surface area contributed by atoms with Gasteiger partial charge < -0.3 is 15.8 Å². The Labute approximate surface area is 187 Å². The van der Waals surface area contributed by atoms with Crippen LogP contribution in [0.15, 0.2) is 41.1 Å². The van der Waals surface area contributed by atoms with Crippen molar-refractivity contribution in [3.8, 4) is 5.88 Å². The zero-order valence-corrected chi connectivity index (χ0v) is 18.6. The van der Waals surface area contributed by atoms with Gasteiger partial charge in [0.05, 0.1) is 11.1 Å². The Morgan fingerprint density at radius 2 is 1.94 bits per heavy atom. The minimum absolute atomic E-state index is 0.0183. The highest BCUT2D eigenvalue weighted by Gasteiger charge is 2.54. The Bertz CT molecular complexity index is 1190. The zero-order valence-electron chi connectivity index (χ0n) is 17.0. The standard InChI is InChI=1S/C22H22BrN5O3/c1-28-18(23)17-14(4-2-6-16(17)27-28)20(30)26-12-8-22(9-12)10-13(11-22)31-21-15(19(24)29)5-3-7-25-21/h2-7,12-13H,8-11H2,1H3,(H2,24,29)(H,26,30). The lowest BCUT2D eigenvalue weighted by Gasteiger charge is -2.57. The second-order valence-corrected chi connectivity index (χ2v) is 9.31. The van der Waals surface area contributed by atoms with Crippen molar-refractivity contribution < 1.29 is 14.3 Å². The number of benzene rings is 1. The highest BCUT2D eigenvalue weighted by molar-refractivity contribution is 9.10. The number of nitrogens with one attached hydrogen (secondary N) is 1. The van der Waals surface area contributed by atoms with Gasteiger partial charge in [0.2, 0.25) is 5.88 Å². The minimum Gasteiger partial charge on any atom is -0.474 e. The normalized spacial score (nSPS) is 24.5. The molecule has 3 aromatic rings. The number of nitrogens with two attached hydrogens (primary N) is 1. The predicted octanol–water partition coefficient (Wildman–Crippen LogP) is 2.95. The molecule has 31 heavy (non-hydrogen) atoms. The van der Waals surface area contributed by atoms with Crippen LogP contribution in [0.4, 0.5) is 0 Å². The van der Waals surface area contributed by atoms with Crippen molar-refractivity contribution in [2.45, 2.75) is 37.8 Å². The summed E-state index contributed by atoms with van der Waals surface area (Å²) in [7, 11) is 1.84. The molecule has 2 aromatic heterocycles. The van der Waals surface area contributed by atoms with E-state index in [2.05, 4.69) is 31.3 Å². The smallest absolute Gasteiger partial charge is 0.254 e. The van der Waals surface area contributed by atoms with E-state index in [4.69, 9.17) is 10.5 Å². The van der Waals surface area contributed by atoms with E-state index in [1.807, 2.05) is 25.2 Å². The van der Waals surface area contributed by atoms with Crippen LogP contribution in [0.5, 0.6) is 5.88 Å². The maximum Gasteiger partial charge on any atom is 0.254 e. The van der Waals surface area contributed by atoms with Crippen LogP contribution in [0.2, 0.25) is 0 Å². The summed E-state index contributed by atoms with van der Waals surface area (Å²) in [6.45, 7) is 0. The van der Waals surface area contributed by atoms with Crippen LogP contribution in [-0.4, -0.2) is 38.7 Å². The molecule has 2 aliphatic carbocycles. The van der Waals surface area contributed by atoms with Crippen LogP contribution in [0.3, 0.4) is 0 Å². The van der Waals surface area contributed by atoms with Crippen molar-refractivity contribution in [3.63, 3.8) is 0 Å². The molecule has 2 amide bonds. The number of fused-ring (bicyclic) bond motifs is 1. The quantitative estimate of drug-likeness (QED) is 0.579. The molecule has 1 aromatic carbocycles. The van der Waals surface area contributed by atoms with Gasteiger partial charge in [-0.3, -0.25) is 14.3 Å². The molecule has 2 heterocycles. The van der Waals surface area contributed by atoms with Gasteiger partial charge in [-0.2, -0.15) is 5.10 Å². The fourth-order valence-electron chi connectivity index (χ4n) is 4.90. The number of carbonyl (C=O) groups is 2. The van der Waals surface area contributed by atoms with Crippen LogP contribution < -0.4 is 15.8 Å². The topological polar surface area (TPSA) is 112 Å². The van der Waals surface area contributed by atoms with E-state index in [1.54, 1.807) is 23.0 Å². The minimum atomic E-state index is -0.543. The van der Waals surface area contributed by atoms with Crippen molar-refractivity contribution in [1.29, 1.82) is 0 Å². The van der Waals surface area contributed by atoms with Gasteiger partial charge in [-0.25, -0.2) is 4.98 Å². The van der Waals surface area contributed by atoms with Crippen LogP contribution >= 0.6 is 15.9 Å². The highest BCUT2D eigenvalue weighted by atomic mass is 79.9. The number of primary amides is 1. The third-order valence-corrected chi connectivity index (χ3v) is 7.28. The summed E-state index contributed by atoms with van der Waals surface area (Å²) in [4.78, 5) is 28.6. The van der Waals surface area contributed by atoms with Crippen LogP contribution in [0.25, 0.3) is 10.9 Å². The number of pyridine rings is 1. The fourth-order valence-corrected chi connectivity index (χ4v) is 5.40. The Morgan fingerprint density at radius 3 is 2.68 bits per heavy atom. The molecular weight excluding hydrogens is 462 g/mol. The Morgan fingerprint density at radius 1 is 1.19 bits per heavy atom. The third kappa shape index (κ3) is 3.46. The number of hydrogen-bond donors (Lipinski definition) is 2. The van der Waals surface area contributed by atoms with Crippen molar-refractivity contribution >= 4 is 38.6 Å². The highest BCUT2D eigenvalue weighted by Crippen LogP contribution is 2.56. The second kappa shape index (κ2) is 7.33. The van der Waals surface area contributed by atoms with Crippen LogP contribution in [-0.2, 0) is 7.05 Å². The number of hydrogen-bond acceptors (Lipinski definition) is 5. The molecule has 5 rings (SSSR count). The van der Waals surface area contributed by atoms with E-state index in [-0.39, 0.29) is 23.5 Å². The van der Waals surface area contributed by atoms with Gasteiger partial charge in [-0.05, 0) is 71.3 Å². The molecule has 9 heteroatoms. The number of halogens is 1. The van der Waals surface area contributed by atoms with Crippen LogP contribution in [0, 0.1) is 5.41 Å². The van der Waals surface area contributed by atoms with Gasteiger partial charge in [0.15, 0.2) is 0 Å². The van der Waals surface area contributed by atoms with E-state index in [1.165, 1.54) is 0 Å². The SMILES string of the molecule is Cn1nc2cccc(C(=O)NC3CC4(C3)CC(Oc3ncccc3C(N)=O)C4)c2c1Br. The number of carbonyl (C=O) groups excluding carboxylic acids is 2. The molecule has 160 valence electrons. The van der Waals surface area contributed by atoms with E-state index >= 15 is 0 Å². The van der Waals surface area contributed by atoms with Gasteiger partial charge in [-0.15, -0.1) is 0 Å². The Balaban J connectivity index is 1.18. The predicted molar refractivity (Wildman–Crippen MR) is 118 cm³/mol. The Kier molecular flexibility index (Phi) is 4.73. The summed E-state index contributed by atoms with van der Waals surface area (Å²) in [5.74, 6) is -0.321. The van der Waals surface area contributed by atoms with E-state index in [0.29, 0.717) is 17.0 Å². The summed E-state index contributed by atoms with van der Waals surface area (Å²) in [6, 6.07) is 9.01. The first-order valence-electron chi connectivity index (χ1n) is 10.2. The number of rotatable bonds is 5. The first-order valence-corrected chi connectivity index (χ1v) is 11.0. The van der Waals surface area contributed by atoms with Crippen molar-refractivity contribution in [2.24, 2.45) is 18.2 Å². The fraction of sp³-hybridized carbons (Fsp3) is 0.364. The molecule has 2 aliphatic rings. The molecule has 3 N–H and O–H groups in total. The van der Waals surface area contributed by atoms with Crippen molar-refractivity contribution in [3.05, 3.63) is 52.3 Å². The van der Waals surface area contributed by atoms with Gasteiger partial charge in [0, 0.05) is 24.7 Å². The van der Waals surface area contributed by atoms with Gasteiger partial charge >= 0.3 is 0 Å². The van der Waals surface area contributed by atoms with Gasteiger partial charge in [-0.1, -0.05) is 6.07 Å². The summed E-state index contributed by atoms with van der Waals surface area (Å²) in [5, 5.41) is 8.41. The molecule has 1 spiro atoms. The third-order valence-electron chi connectivity index (χ3n) is 6.37. The summed E-state index contributed by atoms with van der Waals surface area (Å²) in [5.41, 5.74) is 7.31. The molecule has 0 saturated heterocycles. The molecular formula is C22H22BrN5O3. The summed E-state index contributed by atoms with van der Waals surface area (Å²) in [6.07, 6.45) is 5.23. The lowest BCUT2D eigenvalue weighted by Crippen LogP contribution is -2.58. The van der Waals surface area contributed by atoms with Gasteiger partial charge in [0.1, 0.15) is 16.3 Å². The maximum atomic E-state index is 12.9. The Hall–Kier alpha value is -2.94. The molecule has 0 bridgehead atoms. The largest absolute Gasteiger partial charge is 0.474 e. The molecule has 2 saturated carbocycles. The van der Waals surface area contributed by atoms with E-state index in [9.17, 15) is 9.59 Å². The van der Waals surface area contributed by atoms with Crippen molar-refractivity contribution in [1.82, 2.24) is 20.1 Å². The number of amides is 2. The average Bonchev–Trinajstić information content (AvgIpc) is 2.98. The average molecular weight is 484 g/mol. The lowest BCUT2D eigenvalue weighted by atomic mass is 9.53. The monoisotopic (exact) mass is 483 g/mol. The zero-order chi connectivity index (χ0) is 21.8. The van der Waals surface area contributed by atoms with Crippen LogP contribution in [0.1, 0.15) is 46.4 Å². The molecule has 0 unspecified atom stereocenters. The lowest BCUT2D eigenvalue weighted by molar-refractivity contribution is -0.0848. The summed E-state index contributed by atoms with van der Waals surface area (Å²) < 4.78 is 8.42.